The molecular weight excluding hydrogens is 186 g/mol. The molecule has 1 rings (SSSR count). The van der Waals surface area contributed by atoms with Gasteiger partial charge in [0.25, 0.3) is 0 Å². The summed E-state index contributed by atoms with van der Waals surface area (Å²) in [5.74, 6) is 0.192. The Morgan fingerprint density at radius 3 is 2.79 bits per heavy atom. The van der Waals surface area contributed by atoms with Gasteiger partial charge in [-0.15, -0.1) is 10.2 Å². The Hall–Kier alpha value is -1.43. The number of nitrogens with zero attached hydrogens (tertiary/aromatic N) is 3. The van der Waals surface area contributed by atoms with Crippen molar-refractivity contribution >= 4 is 5.97 Å². The lowest BCUT2D eigenvalue weighted by molar-refractivity contribution is -0.140. The van der Waals surface area contributed by atoms with E-state index in [1.54, 1.807) is 18.4 Å². The number of methoxy groups -OCH3 is 1. The highest BCUT2D eigenvalue weighted by molar-refractivity contribution is 5.71. The van der Waals surface area contributed by atoms with E-state index in [1.807, 2.05) is 0 Å². The third kappa shape index (κ3) is 1.90. The number of rotatable bonds is 4. The molecule has 6 nitrogen and oxygen atoms in total. The van der Waals surface area contributed by atoms with Crippen molar-refractivity contribution in [2.24, 2.45) is 0 Å². The van der Waals surface area contributed by atoms with Crippen LogP contribution in [0.4, 0.5) is 0 Å². The summed E-state index contributed by atoms with van der Waals surface area (Å²) in [6.45, 7) is 3.56. The van der Waals surface area contributed by atoms with E-state index in [0.29, 0.717) is 11.6 Å². The Balaban J connectivity index is 3.03. The number of aryl methyl sites for hydroxylation is 1. The first-order chi connectivity index (χ1) is 6.57. The number of hydrogen-bond donors (Lipinski definition) is 1. The van der Waals surface area contributed by atoms with Gasteiger partial charge >= 0.3 is 5.97 Å². The second-order valence-corrected chi connectivity index (χ2v) is 2.98. The van der Waals surface area contributed by atoms with Crippen LogP contribution in [0.2, 0.25) is 0 Å². The molecule has 1 unspecified atom stereocenters. The van der Waals surface area contributed by atoms with Crippen molar-refractivity contribution in [1.29, 1.82) is 0 Å². The van der Waals surface area contributed by atoms with Crippen LogP contribution in [0.1, 0.15) is 24.6 Å². The minimum absolute atomic E-state index is 0.262. The van der Waals surface area contributed by atoms with Gasteiger partial charge in [-0.1, -0.05) is 0 Å². The zero-order valence-electron chi connectivity index (χ0n) is 8.39. The van der Waals surface area contributed by atoms with Crippen LogP contribution in [0, 0.1) is 6.92 Å². The average Bonchev–Trinajstić information content (AvgIpc) is 2.47. The Morgan fingerprint density at radius 1 is 1.64 bits per heavy atom. The summed E-state index contributed by atoms with van der Waals surface area (Å²) in [6, 6.07) is -0.671. The van der Waals surface area contributed by atoms with Crippen molar-refractivity contribution in [2.75, 3.05) is 7.11 Å². The van der Waals surface area contributed by atoms with Crippen LogP contribution >= 0.6 is 0 Å². The SMILES string of the molecule is COCc1nnc(C)n1C(C)C(=O)O. The van der Waals surface area contributed by atoms with Crippen molar-refractivity contribution in [3.63, 3.8) is 0 Å². The number of aromatic nitrogens is 3. The van der Waals surface area contributed by atoms with E-state index in [2.05, 4.69) is 10.2 Å². The van der Waals surface area contributed by atoms with E-state index < -0.39 is 12.0 Å². The fourth-order valence-electron chi connectivity index (χ4n) is 1.25. The first-order valence-electron chi connectivity index (χ1n) is 4.20. The van der Waals surface area contributed by atoms with Gasteiger partial charge in [0, 0.05) is 7.11 Å². The summed E-state index contributed by atoms with van der Waals surface area (Å²) in [7, 11) is 1.53. The summed E-state index contributed by atoms with van der Waals surface area (Å²) in [4.78, 5) is 10.8. The van der Waals surface area contributed by atoms with Crippen LogP contribution in [-0.4, -0.2) is 33.0 Å². The van der Waals surface area contributed by atoms with Crippen LogP contribution < -0.4 is 0 Å². The Morgan fingerprint density at radius 2 is 2.29 bits per heavy atom. The molecule has 0 aromatic carbocycles. The van der Waals surface area contributed by atoms with Gasteiger partial charge in [-0.25, -0.2) is 4.79 Å². The molecule has 1 aromatic heterocycles. The fourth-order valence-corrected chi connectivity index (χ4v) is 1.25. The Kier molecular flexibility index (Phi) is 3.19. The van der Waals surface area contributed by atoms with Gasteiger partial charge in [-0.3, -0.25) is 4.57 Å². The molecule has 6 heteroatoms. The zero-order chi connectivity index (χ0) is 10.7. The molecule has 1 atom stereocenters. The van der Waals surface area contributed by atoms with Gasteiger partial charge in [0.2, 0.25) is 0 Å². The topological polar surface area (TPSA) is 77.2 Å². The van der Waals surface area contributed by atoms with E-state index >= 15 is 0 Å². The maximum Gasteiger partial charge on any atom is 0.326 e. The van der Waals surface area contributed by atoms with E-state index in [0.717, 1.165) is 0 Å². The number of carboxylic acids is 1. The average molecular weight is 199 g/mol. The molecule has 0 bridgehead atoms. The largest absolute Gasteiger partial charge is 0.480 e. The predicted molar refractivity (Wildman–Crippen MR) is 47.8 cm³/mol. The number of carbonyl (C=O) groups is 1. The van der Waals surface area contributed by atoms with Gasteiger partial charge in [-0.05, 0) is 13.8 Å². The molecule has 0 spiro atoms. The van der Waals surface area contributed by atoms with Crippen LogP contribution in [0.5, 0.6) is 0 Å². The molecule has 1 N–H and O–H groups in total. The van der Waals surface area contributed by atoms with Crippen LogP contribution in [0.3, 0.4) is 0 Å². The molecule has 0 aliphatic heterocycles. The summed E-state index contributed by atoms with van der Waals surface area (Å²) >= 11 is 0. The van der Waals surface area contributed by atoms with E-state index in [9.17, 15) is 4.79 Å². The minimum atomic E-state index is -0.912. The molecule has 1 aromatic rings. The van der Waals surface area contributed by atoms with Gasteiger partial charge in [0.15, 0.2) is 5.82 Å². The maximum absolute atomic E-state index is 10.8. The van der Waals surface area contributed by atoms with Gasteiger partial charge in [0.1, 0.15) is 18.5 Å². The summed E-state index contributed by atoms with van der Waals surface area (Å²) in [5.41, 5.74) is 0. The number of ether oxygens (including phenoxy) is 1. The lowest BCUT2D eigenvalue weighted by Crippen LogP contribution is -2.19. The summed E-state index contributed by atoms with van der Waals surface area (Å²) in [6.07, 6.45) is 0. The monoisotopic (exact) mass is 199 g/mol. The quantitative estimate of drug-likeness (QED) is 0.758. The van der Waals surface area contributed by atoms with Gasteiger partial charge in [-0.2, -0.15) is 0 Å². The molecule has 0 aliphatic rings. The molecule has 0 saturated heterocycles. The Labute approximate surface area is 81.5 Å². The number of hydrogen-bond acceptors (Lipinski definition) is 4. The summed E-state index contributed by atoms with van der Waals surface area (Å²) in [5, 5.41) is 16.5. The van der Waals surface area contributed by atoms with E-state index in [-0.39, 0.29) is 6.61 Å². The molecule has 0 radical (unpaired) electrons. The molecule has 14 heavy (non-hydrogen) atoms. The zero-order valence-corrected chi connectivity index (χ0v) is 8.39. The van der Waals surface area contributed by atoms with Crippen molar-refractivity contribution in [1.82, 2.24) is 14.8 Å². The first-order valence-corrected chi connectivity index (χ1v) is 4.20. The van der Waals surface area contributed by atoms with Crippen molar-refractivity contribution < 1.29 is 14.6 Å². The van der Waals surface area contributed by atoms with Crippen molar-refractivity contribution in [3.05, 3.63) is 11.6 Å². The van der Waals surface area contributed by atoms with Crippen molar-refractivity contribution in [3.8, 4) is 0 Å². The van der Waals surface area contributed by atoms with Crippen LogP contribution in [0.15, 0.2) is 0 Å². The third-order valence-corrected chi connectivity index (χ3v) is 1.95. The normalized spacial score (nSPS) is 12.8. The van der Waals surface area contributed by atoms with Crippen molar-refractivity contribution in [2.45, 2.75) is 26.5 Å². The molecule has 0 aliphatic carbocycles. The van der Waals surface area contributed by atoms with Crippen LogP contribution in [-0.2, 0) is 16.1 Å². The molecular formula is C8H13N3O3. The Bertz CT molecular complexity index is 335. The lowest BCUT2D eigenvalue weighted by atomic mass is 10.3. The first kappa shape index (κ1) is 10.6. The summed E-state index contributed by atoms with van der Waals surface area (Å²) < 4.78 is 6.44. The second-order valence-electron chi connectivity index (χ2n) is 2.98. The molecule has 78 valence electrons. The standard InChI is InChI=1S/C8H13N3O3/c1-5(8(12)13)11-6(2)9-10-7(11)4-14-3/h5H,4H2,1-3H3,(H,12,13). The van der Waals surface area contributed by atoms with Gasteiger partial charge < -0.3 is 9.84 Å². The smallest absolute Gasteiger partial charge is 0.326 e. The third-order valence-electron chi connectivity index (χ3n) is 1.95. The molecule has 0 saturated carbocycles. The maximum atomic E-state index is 10.8. The molecule has 0 amide bonds. The number of carboxylic acid groups (broad SMARTS) is 1. The predicted octanol–water partition coefficient (Wildman–Crippen LogP) is 0.379. The van der Waals surface area contributed by atoms with Gasteiger partial charge in [0.05, 0.1) is 0 Å². The highest BCUT2D eigenvalue weighted by Gasteiger charge is 2.19. The molecule has 0 fully saturated rings. The lowest BCUT2D eigenvalue weighted by Gasteiger charge is -2.12. The second kappa shape index (κ2) is 4.19. The fraction of sp³-hybridized carbons (Fsp3) is 0.625. The molecule has 1 heterocycles. The highest BCUT2D eigenvalue weighted by Crippen LogP contribution is 2.12. The number of aliphatic carboxylic acids is 1. The highest BCUT2D eigenvalue weighted by atomic mass is 16.5. The minimum Gasteiger partial charge on any atom is -0.480 e. The van der Waals surface area contributed by atoms with E-state index in [1.165, 1.54) is 7.11 Å². The van der Waals surface area contributed by atoms with E-state index in [4.69, 9.17) is 9.84 Å². The van der Waals surface area contributed by atoms with Crippen LogP contribution in [0.25, 0.3) is 0 Å².